The number of nitrogens with zero attached hydrogens (tertiary/aromatic N) is 1. The molecule has 2 nitrogen and oxygen atoms in total. The molecule has 6 heteroatoms. The number of hydrogen-bond donors (Lipinski definition) is 1. The summed E-state index contributed by atoms with van der Waals surface area (Å²) in [5.74, 6) is -0.275. The van der Waals surface area contributed by atoms with Gasteiger partial charge in [0.25, 0.3) is 0 Å². The molecule has 0 amide bonds. The summed E-state index contributed by atoms with van der Waals surface area (Å²) in [4.78, 5) is 4.08. The van der Waals surface area contributed by atoms with E-state index in [-0.39, 0.29) is 5.82 Å². The van der Waals surface area contributed by atoms with E-state index in [1.165, 1.54) is 6.07 Å². The Kier molecular flexibility index (Phi) is 3.09. The van der Waals surface area contributed by atoms with Gasteiger partial charge in [0.15, 0.2) is 4.77 Å². The highest BCUT2D eigenvalue weighted by Crippen LogP contribution is 2.26. The van der Waals surface area contributed by atoms with Crippen molar-refractivity contribution < 1.29 is 4.39 Å². The lowest BCUT2D eigenvalue weighted by Crippen LogP contribution is -1.98. The summed E-state index contributed by atoms with van der Waals surface area (Å²) in [7, 11) is 0. The maximum atomic E-state index is 13.6. The smallest absolute Gasteiger partial charge is 0.178 e. The lowest BCUT2D eigenvalue weighted by molar-refractivity contribution is 0.637. The van der Waals surface area contributed by atoms with E-state index in [2.05, 4.69) is 20.9 Å². The zero-order chi connectivity index (χ0) is 12.7. The van der Waals surface area contributed by atoms with Gasteiger partial charge in [0.05, 0.1) is 12.1 Å². The van der Waals surface area contributed by atoms with Crippen molar-refractivity contribution in [3.8, 4) is 0 Å². The molecule has 0 unspecified atom stereocenters. The summed E-state index contributed by atoms with van der Waals surface area (Å²) in [6.07, 6.45) is 0. The van der Waals surface area contributed by atoms with E-state index in [1.54, 1.807) is 17.4 Å². The van der Waals surface area contributed by atoms with E-state index in [0.717, 1.165) is 14.9 Å². The summed E-state index contributed by atoms with van der Waals surface area (Å²) in [6, 6.07) is 6.99. The van der Waals surface area contributed by atoms with Crippen LogP contribution in [0.2, 0.25) is 0 Å². The Morgan fingerprint density at radius 2 is 2.22 bits per heavy atom. The zero-order valence-electron chi connectivity index (χ0n) is 9.11. The van der Waals surface area contributed by atoms with Crippen molar-refractivity contribution in [1.29, 1.82) is 0 Å². The number of aromatic nitrogens is 2. The molecule has 0 aliphatic carbocycles. The molecular formula is C12H8BrFN2S2. The number of para-hydroxylation sites is 1. The number of rotatable bonds is 2. The Morgan fingerprint density at radius 1 is 1.39 bits per heavy atom. The van der Waals surface area contributed by atoms with Gasteiger partial charge < -0.3 is 9.55 Å². The summed E-state index contributed by atoms with van der Waals surface area (Å²) < 4.78 is 17.1. The first-order valence-corrected chi connectivity index (χ1v) is 7.34. The lowest BCUT2D eigenvalue weighted by Gasteiger charge is -2.03. The van der Waals surface area contributed by atoms with Gasteiger partial charge in [-0.3, -0.25) is 0 Å². The van der Waals surface area contributed by atoms with Crippen molar-refractivity contribution in [1.82, 2.24) is 9.55 Å². The average molecular weight is 343 g/mol. The molecular weight excluding hydrogens is 335 g/mol. The maximum Gasteiger partial charge on any atom is 0.178 e. The summed E-state index contributed by atoms with van der Waals surface area (Å²) >= 11 is 10.4. The quantitative estimate of drug-likeness (QED) is 0.669. The molecule has 3 aromatic rings. The van der Waals surface area contributed by atoms with Crippen molar-refractivity contribution >= 4 is 50.5 Å². The summed E-state index contributed by atoms with van der Waals surface area (Å²) in [5, 5.41) is 2.01. The van der Waals surface area contributed by atoms with E-state index < -0.39 is 0 Å². The number of H-pyrrole nitrogens is 1. The number of nitrogens with one attached hydrogen (secondary N) is 1. The van der Waals surface area contributed by atoms with Crippen molar-refractivity contribution in [3.63, 3.8) is 0 Å². The van der Waals surface area contributed by atoms with Gasteiger partial charge in [0, 0.05) is 9.35 Å². The minimum Gasteiger partial charge on any atom is -0.328 e. The normalized spacial score (nSPS) is 11.2. The fourth-order valence-electron chi connectivity index (χ4n) is 1.88. The van der Waals surface area contributed by atoms with E-state index >= 15 is 0 Å². The predicted molar refractivity (Wildman–Crippen MR) is 78.2 cm³/mol. The molecule has 1 N–H and O–H groups in total. The third-order valence-electron chi connectivity index (χ3n) is 2.75. The molecule has 18 heavy (non-hydrogen) atoms. The van der Waals surface area contributed by atoms with Crippen molar-refractivity contribution in [3.05, 3.63) is 49.6 Å². The third kappa shape index (κ3) is 1.94. The van der Waals surface area contributed by atoms with Gasteiger partial charge in [-0.25, -0.2) is 4.39 Å². The summed E-state index contributed by atoms with van der Waals surface area (Å²) in [5.41, 5.74) is 1.26. The number of aromatic amines is 1. The highest BCUT2D eigenvalue weighted by molar-refractivity contribution is 9.10. The summed E-state index contributed by atoms with van der Waals surface area (Å²) in [6.45, 7) is 0.639. The van der Waals surface area contributed by atoms with E-state index in [9.17, 15) is 4.39 Å². The molecule has 0 spiro atoms. The highest BCUT2D eigenvalue weighted by Gasteiger charge is 2.10. The van der Waals surface area contributed by atoms with Gasteiger partial charge in [-0.2, -0.15) is 0 Å². The van der Waals surface area contributed by atoms with Gasteiger partial charge in [-0.15, -0.1) is 11.3 Å². The fourth-order valence-corrected chi connectivity index (χ4v) is 3.61. The van der Waals surface area contributed by atoms with Crippen molar-refractivity contribution in [2.24, 2.45) is 0 Å². The van der Waals surface area contributed by atoms with Crippen LogP contribution in [0.3, 0.4) is 0 Å². The SMILES string of the molecule is Fc1cccc2c1[nH]c(=S)n2Cc1sccc1Br. The van der Waals surface area contributed by atoms with Crippen LogP contribution in [0.15, 0.2) is 34.1 Å². The Morgan fingerprint density at radius 3 is 2.94 bits per heavy atom. The van der Waals surface area contributed by atoms with Gasteiger partial charge >= 0.3 is 0 Å². The predicted octanol–water partition coefficient (Wildman–Crippen LogP) is 4.71. The van der Waals surface area contributed by atoms with Crippen molar-refractivity contribution in [2.45, 2.75) is 6.54 Å². The molecule has 3 rings (SSSR count). The molecule has 0 fully saturated rings. The number of halogens is 2. The molecule has 1 aromatic carbocycles. The largest absolute Gasteiger partial charge is 0.328 e. The molecule has 92 valence electrons. The van der Waals surface area contributed by atoms with Crippen LogP contribution in [0.1, 0.15) is 4.88 Å². The minimum absolute atomic E-state index is 0.275. The minimum atomic E-state index is -0.275. The van der Waals surface area contributed by atoms with Gasteiger partial charge in [-0.05, 0) is 51.7 Å². The second kappa shape index (κ2) is 4.60. The van der Waals surface area contributed by atoms with Crippen LogP contribution in [0.4, 0.5) is 4.39 Å². The lowest BCUT2D eigenvalue weighted by atomic mass is 10.3. The Balaban J connectivity index is 2.18. The van der Waals surface area contributed by atoms with E-state index in [4.69, 9.17) is 12.2 Å². The molecule has 2 aromatic heterocycles. The second-order valence-corrected chi connectivity index (χ2v) is 6.08. The second-order valence-electron chi connectivity index (χ2n) is 3.84. The molecule has 0 bridgehead atoms. The Bertz CT molecular complexity index is 772. The van der Waals surface area contributed by atoms with E-state index in [1.807, 2.05) is 22.1 Å². The van der Waals surface area contributed by atoms with Crippen molar-refractivity contribution in [2.75, 3.05) is 0 Å². The van der Waals surface area contributed by atoms with Gasteiger partial charge in [-0.1, -0.05) is 6.07 Å². The monoisotopic (exact) mass is 342 g/mol. The molecule has 0 saturated heterocycles. The maximum absolute atomic E-state index is 13.6. The number of imidazole rings is 1. The van der Waals surface area contributed by atoms with Gasteiger partial charge in [0.1, 0.15) is 11.3 Å². The topological polar surface area (TPSA) is 20.7 Å². The number of hydrogen-bond acceptors (Lipinski definition) is 2. The zero-order valence-corrected chi connectivity index (χ0v) is 12.3. The first kappa shape index (κ1) is 12.1. The molecule has 0 saturated carbocycles. The van der Waals surface area contributed by atoms with Crippen LogP contribution in [0.5, 0.6) is 0 Å². The van der Waals surface area contributed by atoms with Crippen LogP contribution >= 0.6 is 39.5 Å². The molecule has 0 aliphatic heterocycles. The average Bonchev–Trinajstić information content (AvgIpc) is 2.87. The molecule has 2 heterocycles. The van der Waals surface area contributed by atoms with Crippen LogP contribution in [-0.2, 0) is 6.54 Å². The Hall–Kier alpha value is -0.980. The third-order valence-corrected chi connectivity index (χ3v) is 4.99. The molecule has 0 aliphatic rings. The first-order valence-electron chi connectivity index (χ1n) is 5.25. The highest BCUT2D eigenvalue weighted by atomic mass is 79.9. The first-order chi connectivity index (χ1) is 8.66. The fraction of sp³-hybridized carbons (Fsp3) is 0.0833. The molecule has 0 radical (unpaired) electrons. The van der Waals surface area contributed by atoms with Crippen LogP contribution in [0, 0.1) is 10.6 Å². The number of fused-ring (bicyclic) bond motifs is 1. The van der Waals surface area contributed by atoms with Crippen LogP contribution < -0.4 is 0 Å². The number of thiophene rings is 1. The van der Waals surface area contributed by atoms with Gasteiger partial charge in [0.2, 0.25) is 0 Å². The standard InChI is InChI=1S/C12H8BrFN2S2/c13-7-4-5-18-10(7)6-16-9-3-1-2-8(14)11(9)15-12(16)17/h1-5H,6H2,(H,15,17). The molecule has 0 atom stereocenters. The van der Waals surface area contributed by atoms with Crippen LogP contribution in [0.25, 0.3) is 11.0 Å². The Labute approximate surface area is 120 Å². The van der Waals surface area contributed by atoms with E-state index in [0.29, 0.717) is 16.8 Å². The van der Waals surface area contributed by atoms with Crippen LogP contribution in [-0.4, -0.2) is 9.55 Å². The number of benzene rings is 1.